The lowest BCUT2D eigenvalue weighted by atomic mass is 9.96. The van der Waals surface area contributed by atoms with Crippen molar-refractivity contribution in [2.45, 2.75) is 84.2 Å². The van der Waals surface area contributed by atoms with Crippen LogP contribution >= 0.6 is 11.3 Å². The van der Waals surface area contributed by atoms with Gasteiger partial charge in [0.05, 0.1) is 12.2 Å². The van der Waals surface area contributed by atoms with Crippen LogP contribution in [-0.2, 0) is 17.8 Å². The Bertz CT molecular complexity index is 648. The summed E-state index contributed by atoms with van der Waals surface area (Å²) in [6.45, 7) is 5.64. The summed E-state index contributed by atoms with van der Waals surface area (Å²) in [4.78, 5) is 32.7. The number of anilines is 1. The smallest absolute Gasteiger partial charge is 0.321 e. The highest BCUT2D eigenvalue weighted by Crippen LogP contribution is 2.30. The quantitative estimate of drug-likeness (QED) is 0.726. The summed E-state index contributed by atoms with van der Waals surface area (Å²) in [5.41, 5.74) is 1.03. The van der Waals surface area contributed by atoms with Gasteiger partial charge in [-0.2, -0.15) is 0 Å². The molecule has 7 heteroatoms. The Balaban J connectivity index is 1.57. The molecule has 0 saturated heterocycles. The highest BCUT2D eigenvalue weighted by Gasteiger charge is 2.28. The van der Waals surface area contributed by atoms with Gasteiger partial charge >= 0.3 is 6.03 Å². The number of carbonyl (C=O) groups is 2. The normalized spacial score (nSPS) is 17.2. The molecule has 1 aromatic heterocycles. The number of nitrogens with one attached hydrogen (secondary N) is 2. The van der Waals surface area contributed by atoms with Gasteiger partial charge in [-0.1, -0.05) is 50.9 Å². The van der Waals surface area contributed by atoms with Crippen LogP contribution in [0.3, 0.4) is 0 Å². The van der Waals surface area contributed by atoms with Crippen LogP contribution in [0.15, 0.2) is 0 Å². The molecule has 27 heavy (non-hydrogen) atoms. The lowest BCUT2D eigenvalue weighted by molar-refractivity contribution is -0.137. The third-order valence-corrected chi connectivity index (χ3v) is 6.58. The summed E-state index contributed by atoms with van der Waals surface area (Å²) < 4.78 is 0. The van der Waals surface area contributed by atoms with E-state index in [2.05, 4.69) is 29.5 Å². The highest BCUT2D eigenvalue weighted by molar-refractivity contribution is 7.15. The fourth-order valence-electron chi connectivity index (χ4n) is 4.17. The molecule has 0 aromatic carbocycles. The number of thiazole rings is 1. The van der Waals surface area contributed by atoms with Gasteiger partial charge in [-0.15, -0.1) is 0 Å². The molecule has 0 spiro atoms. The number of amides is 3. The first-order valence-electron chi connectivity index (χ1n) is 10.5. The number of fused-ring (bicyclic) bond motifs is 1. The van der Waals surface area contributed by atoms with Gasteiger partial charge in [0.2, 0.25) is 5.91 Å². The van der Waals surface area contributed by atoms with Crippen molar-refractivity contribution in [3.63, 3.8) is 0 Å². The number of aromatic nitrogens is 1. The summed E-state index contributed by atoms with van der Waals surface area (Å²) in [7, 11) is 0. The first-order valence-corrected chi connectivity index (χ1v) is 11.3. The summed E-state index contributed by atoms with van der Waals surface area (Å²) >= 11 is 1.50. The van der Waals surface area contributed by atoms with E-state index < -0.39 is 0 Å². The Morgan fingerprint density at radius 3 is 2.59 bits per heavy atom. The van der Waals surface area contributed by atoms with Gasteiger partial charge in [0, 0.05) is 29.8 Å². The van der Waals surface area contributed by atoms with Crippen molar-refractivity contribution < 1.29 is 9.59 Å². The second-order valence-electron chi connectivity index (χ2n) is 7.75. The zero-order chi connectivity index (χ0) is 19.2. The minimum atomic E-state index is -0.160. The molecule has 0 unspecified atom stereocenters. The fraction of sp³-hybridized carbons (Fsp3) is 0.750. The third kappa shape index (κ3) is 5.21. The van der Waals surface area contributed by atoms with E-state index in [9.17, 15) is 9.59 Å². The van der Waals surface area contributed by atoms with Crippen LogP contribution in [0.5, 0.6) is 0 Å². The molecule has 1 fully saturated rings. The van der Waals surface area contributed by atoms with Crippen molar-refractivity contribution in [3.05, 3.63) is 10.6 Å². The number of rotatable bonds is 7. The Kier molecular flexibility index (Phi) is 7.10. The van der Waals surface area contributed by atoms with Gasteiger partial charge in [-0.3, -0.25) is 10.1 Å². The topological polar surface area (TPSA) is 74.3 Å². The van der Waals surface area contributed by atoms with Gasteiger partial charge in [0.15, 0.2) is 5.13 Å². The van der Waals surface area contributed by atoms with Crippen molar-refractivity contribution in [2.24, 2.45) is 5.92 Å². The standard InChI is InChI=1S/C20H32N4O2S/c1-3-7-14(8-4-2)18(25)24-12-11-16-17(13-24)27-20(22-16)23-19(26)21-15-9-5-6-10-15/h14-15H,3-13H2,1-2H3,(H2,21,22,23,26). The SMILES string of the molecule is CCCC(CCC)C(=O)N1CCc2nc(NC(=O)NC3CCCC3)sc2C1. The van der Waals surface area contributed by atoms with Crippen LogP contribution in [0.1, 0.15) is 75.8 Å². The van der Waals surface area contributed by atoms with Crippen LogP contribution in [0.2, 0.25) is 0 Å². The molecule has 1 aliphatic carbocycles. The Hall–Kier alpha value is -1.63. The van der Waals surface area contributed by atoms with Gasteiger partial charge in [0.1, 0.15) is 0 Å². The molecule has 2 heterocycles. The van der Waals surface area contributed by atoms with Crippen LogP contribution < -0.4 is 10.6 Å². The van der Waals surface area contributed by atoms with Crippen molar-refractivity contribution in [1.82, 2.24) is 15.2 Å². The highest BCUT2D eigenvalue weighted by atomic mass is 32.1. The largest absolute Gasteiger partial charge is 0.337 e. The lowest BCUT2D eigenvalue weighted by Crippen LogP contribution is -2.39. The molecule has 3 rings (SSSR count). The first-order chi connectivity index (χ1) is 13.1. The van der Waals surface area contributed by atoms with E-state index in [1.54, 1.807) is 0 Å². The van der Waals surface area contributed by atoms with E-state index in [0.29, 0.717) is 17.7 Å². The monoisotopic (exact) mass is 392 g/mol. The molecular weight excluding hydrogens is 360 g/mol. The van der Waals surface area contributed by atoms with Gasteiger partial charge in [-0.25, -0.2) is 9.78 Å². The maximum absolute atomic E-state index is 12.9. The molecule has 2 N–H and O–H groups in total. The molecule has 0 bridgehead atoms. The van der Waals surface area contributed by atoms with E-state index in [0.717, 1.165) is 62.1 Å². The van der Waals surface area contributed by atoms with Gasteiger partial charge in [0.25, 0.3) is 0 Å². The molecule has 0 radical (unpaired) electrons. The van der Waals surface area contributed by atoms with E-state index in [-0.39, 0.29) is 17.9 Å². The number of nitrogens with zero attached hydrogens (tertiary/aromatic N) is 2. The van der Waals surface area contributed by atoms with Crippen LogP contribution in [-0.4, -0.2) is 34.4 Å². The molecular formula is C20H32N4O2S. The number of urea groups is 1. The minimum Gasteiger partial charge on any atom is -0.337 e. The molecule has 0 atom stereocenters. The molecule has 150 valence electrons. The predicted molar refractivity (Wildman–Crippen MR) is 109 cm³/mol. The maximum Gasteiger partial charge on any atom is 0.321 e. The summed E-state index contributed by atoms with van der Waals surface area (Å²) in [6.07, 6.45) is 9.30. The molecule has 6 nitrogen and oxygen atoms in total. The van der Waals surface area contributed by atoms with Gasteiger partial charge < -0.3 is 10.2 Å². The van der Waals surface area contributed by atoms with Crippen LogP contribution in [0.4, 0.5) is 9.93 Å². The van der Waals surface area contributed by atoms with Crippen molar-refractivity contribution in [1.29, 1.82) is 0 Å². The first kappa shape index (κ1) is 20.1. The minimum absolute atomic E-state index is 0.143. The Labute approximate surface area is 166 Å². The number of hydrogen-bond donors (Lipinski definition) is 2. The van der Waals surface area contributed by atoms with E-state index in [4.69, 9.17) is 0 Å². The molecule has 2 aliphatic rings. The molecule has 1 saturated carbocycles. The summed E-state index contributed by atoms with van der Waals surface area (Å²) in [5, 5.41) is 6.56. The Morgan fingerprint density at radius 1 is 1.22 bits per heavy atom. The molecule has 3 amide bonds. The van der Waals surface area contributed by atoms with E-state index in [1.165, 1.54) is 24.2 Å². The summed E-state index contributed by atoms with van der Waals surface area (Å²) in [5.74, 6) is 0.426. The predicted octanol–water partition coefficient (Wildman–Crippen LogP) is 4.31. The van der Waals surface area contributed by atoms with Crippen molar-refractivity contribution >= 4 is 28.4 Å². The van der Waals surface area contributed by atoms with Crippen molar-refractivity contribution in [3.8, 4) is 0 Å². The second kappa shape index (κ2) is 9.53. The molecule has 1 aliphatic heterocycles. The van der Waals surface area contributed by atoms with Crippen LogP contribution in [0, 0.1) is 5.92 Å². The zero-order valence-corrected chi connectivity index (χ0v) is 17.4. The second-order valence-corrected chi connectivity index (χ2v) is 8.84. The van der Waals surface area contributed by atoms with Crippen molar-refractivity contribution in [2.75, 3.05) is 11.9 Å². The van der Waals surface area contributed by atoms with Crippen LogP contribution in [0.25, 0.3) is 0 Å². The van der Waals surface area contributed by atoms with E-state index >= 15 is 0 Å². The fourth-order valence-corrected chi connectivity index (χ4v) is 5.19. The zero-order valence-electron chi connectivity index (χ0n) is 16.6. The average Bonchev–Trinajstić information content (AvgIpc) is 3.29. The van der Waals surface area contributed by atoms with E-state index in [1.807, 2.05) is 4.90 Å². The number of hydrogen-bond acceptors (Lipinski definition) is 4. The molecule has 1 aromatic rings. The van der Waals surface area contributed by atoms with Gasteiger partial charge in [-0.05, 0) is 25.7 Å². The average molecular weight is 393 g/mol. The number of carbonyl (C=O) groups excluding carboxylic acids is 2. The maximum atomic E-state index is 12.9. The summed E-state index contributed by atoms with van der Waals surface area (Å²) in [6, 6.07) is 0.133. The Morgan fingerprint density at radius 2 is 1.93 bits per heavy atom. The lowest BCUT2D eigenvalue weighted by Gasteiger charge is -2.29. The third-order valence-electron chi connectivity index (χ3n) is 5.58.